The summed E-state index contributed by atoms with van der Waals surface area (Å²) in [5.74, 6) is -0.434. The molecule has 0 aromatic heterocycles. The summed E-state index contributed by atoms with van der Waals surface area (Å²) in [6.45, 7) is 1.79. The Morgan fingerprint density at radius 2 is 1.35 bits per heavy atom. The number of hydrogen-bond acceptors (Lipinski definition) is 2. The second-order valence-corrected chi connectivity index (χ2v) is 7.34. The fraction of sp³-hybridized carbons (Fsp3) is 0.136. The predicted molar refractivity (Wildman–Crippen MR) is 105 cm³/mol. The van der Waals surface area contributed by atoms with Crippen molar-refractivity contribution in [2.24, 2.45) is 0 Å². The van der Waals surface area contributed by atoms with Crippen molar-refractivity contribution >= 4 is 17.7 Å². The van der Waals surface area contributed by atoms with Crippen molar-refractivity contribution < 1.29 is 9.18 Å². The molecule has 0 fully saturated rings. The molecule has 0 saturated carbocycles. The van der Waals surface area contributed by atoms with Crippen molar-refractivity contribution in [1.29, 1.82) is 0 Å². The van der Waals surface area contributed by atoms with Crippen molar-refractivity contribution in [2.45, 2.75) is 23.1 Å². The minimum atomic E-state index is -0.415. The third-order valence-corrected chi connectivity index (χ3v) is 5.21. The highest BCUT2D eigenvalue weighted by Crippen LogP contribution is 2.27. The molecule has 3 rings (SSSR count). The average molecular weight is 365 g/mol. The van der Waals surface area contributed by atoms with Crippen LogP contribution in [-0.2, 0) is 4.79 Å². The largest absolute Gasteiger partial charge is 0.344 e. The second kappa shape index (κ2) is 8.68. The van der Waals surface area contributed by atoms with E-state index in [4.69, 9.17) is 0 Å². The van der Waals surface area contributed by atoms with Gasteiger partial charge in [0.1, 0.15) is 5.82 Å². The van der Waals surface area contributed by atoms with Gasteiger partial charge >= 0.3 is 0 Å². The maximum Gasteiger partial charge on any atom is 0.233 e. The Morgan fingerprint density at radius 1 is 0.846 bits per heavy atom. The maximum absolute atomic E-state index is 13.9. The molecule has 1 N–H and O–H groups in total. The van der Waals surface area contributed by atoms with Crippen molar-refractivity contribution in [3.63, 3.8) is 0 Å². The van der Waals surface area contributed by atoms with Gasteiger partial charge in [-0.05, 0) is 30.2 Å². The maximum atomic E-state index is 13.9. The Kier molecular flexibility index (Phi) is 6.08. The van der Waals surface area contributed by atoms with Crippen molar-refractivity contribution in [2.75, 3.05) is 0 Å². The van der Waals surface area contributed by atoms with Gasteiger partial charge in [-0.1, -0.05) is 72.8 Å². The molecule has 132 valence electrons. The number of rotatable bonds is 6. The van der Waals surface area contributed by atoms with Gasteiger partial charge in [0.15, 0.2) is 0 Å². The Morgan fingerprint density at radius 3 is 1.88 bits per heavy atom. The lowest BCUT2D eigenvalue weighted by Crippen LogP contribution is -2.34. The molecule has 26 heavy (non-hydrogen) atoms. The van der Waals surface area contributed by atoms with E-state index in [1.807, 2.05) is 60.7 Å². The van der Waals surface area contributed by atoms with E-state index in [-0.39, 0.29) is 17.8 Å². The molecule has 1 amide bonds. The highest BCUT2D eigenvalue weighted by Gasteiger charge is 2.21. The Balaban J connectivity index is 1.78. The van der Waals surface area contributed by atoms with Gasteiger partial charge in [-0.25, -0.2) is 4.39 Å². The molecule has 0 aliphatic heterocycles. The van der Waals surface area contributed by atoms with E-state index in [0.717, 1.165) is 11.1 Å². The van der Waals surface area contributed by atoms with Gasteiger partial charge in [-0.15, -0.1) is 11.8 Å². The minimum Gasteiger partial charge on any atom is -0.344 e. The molecule has 3 aromatic carbocycles. The summed E-state index contributed by atoms with van der Waals surface area (Å²) in [5, 5.41) is 2.69. The summed E-state index contributed by atoms with van der Waals surface area (Å²) < 4.78 is 13.9. The van der Waals surface area contributed by atoms with Crippen LogP contribution in [0.15, 0.2) is 89.8 Å². The lowest BCUT2D eigenvalue weighted by atomic mass is 9.98. The van der Waals surface area contributed by atoms with Crippen LogP contribution in [0.5, 0.6) is 0 Å². The fourth-order valence-electron chi connectivity index (χ4n) is 2.69. The molecule has 0 aliphatic rings. The van der Waals surface area contributed by atoms with Crippen molar-refractivity contribution in [3.05, 3.63) is 102 Å². The number of carbonyl (C=O) groups excluding carboxylic acids is 1. The molecule has 0 saturated heterocycles. The molecule has 3 aromatic rings. The quantitative estimate of drug-likeness (QED) is 0.608. The number of hydrogen-bond donors (Lipinski definition) is 1. The summed E-state index contributed by atoms with van der Waals surface area (Å²) >= 11 is 1.22. The van der Waals surface area contributed by atoms with Crippen LogP contribution in [0, 0.1) is 5.82 Å². The fourth-order valence-corrected chi connectivity index (χ4v) is 3.59. The van der Waals surface area contributed by atoms with E-state index in [2.05, 4.69) is 5.32 Å². The van der Waals surface area contributed by atoms with E-state index in [9.17, 15) is 9.18 Å². The molecule has 0 spiro atoms. The smallest absolute Gasteiger partial charge is 0.233 e. The van der Waals surface area contributed by atoms with Crippen LogP contribution in [0.3, 0.4) is 0 Å². The zero-order valence-electron chi connectivity index (χ0n) is 14.4. The zero-order valence-corrected chi connectivity index (χ0v) is 15.2. The minimum absolute atomic E-state index is 0.129. The first-order valence-corrected chi connectivity index (χ1v) is 9.34. The molecule has 4 heteroatoms. The van der Waals surface area contributed by atoms with Gasteiger partial charge in [-0.2, -0.15) is 0 Å². The second-order valence-electron chi connectivity index (χ2n) is 5.95. The molecule has 2 nitrogen and oxygen atoms in total. The first-order chi connectivity index (χ1) is 12.6. The lowest BCUT2D eigenvalue weighted by molar-refractivity contribution is -0.120. The van der Waals surface area contributed by atoms with E-state index >= 15 is 0 Å². The van der Waals surface area contributed by atoms with Gasteiger partial charge in [0.2, 0.25) is 5.91 Å². The third kappa shape index (κ3) is 4.52. The Hall–Kier alpha value is -2.59. The summed E-state index contributed by atoms with van der Waals surface area (Å²) in [5.41, 5.74) is 2.02. The highest BCUT2D eigenvalue weighted by atomic mass is 32.2. The number of nitrogens with one attached hydrogen (secondary N) is 1. The SMILES string of the molecule is CC(Sc1ccccc1F)C(=O)NC(c1ccccc1)c1ccccc1. The van der Waals surface area contributed by atoms with Crippen molar-refractivity contribution in [1.82, 2.24) is 5.32 Å². The van der Waals surface area contributed by atoms with Gasteiger partial charge in [-0.3, -0.25) is 4.79 Å². The molecule has 1 unspecified atom stereocenters. The van der Waals surface area contributed by atoms with Crippen molar-refractivity contribution in [3.8, 4) is 0 Å². The zero-order chi connectivity index (χ0) is 18.4. The van der Waals surface area contributed by atoms with Crippen LogP contribution in [-0.4, -0.2) is 11.2 Å². The van der Waals surface area contributed by atoms with Crippen LogP contribution in [0.25, 0.3) is 0 Å². The molecular formula is C22H20FNOS. The number of halogens is 1. The van der Waals surface area contributed by atoms with Gasteiger partial charge in [0.05, 0.1) is 11.3 Å². The number of amides is 1. The van der Waals surface area contributed by atoms with E-state index < -0.39 is 5.25 Å². The van der Waals surface area contributed by atoms with Crippen LogP contribution < -0.4 is 5.32 Å². The summed E-state index contributed by atoms with van der Waals surface area (Å²) in [6.07, 6.45) is 0. The van der Waals surface area contributed by atoms with Crippen LogP contribution >= 0.6 is 11.8 Å². The van der Waals surface area contributed by atoms with E-state index in [1.165, 1.54) is 17.8 Å². The summed E-state index contributed by atoms with van der Waals surface area (Å²) in [6, 6.07) is 25.9. The number of carbonyl (C=O) groups is 1. The molecule has 0 radical (unpaired) electrons. The van der Waals surface area contributed by atoms with Gasteiger partial charge in [0, 0.05) is 4.90 Å². The standard InChI is InChI=1S/C22H20FNOS/c1-16(26-20-15-9-8-14-19(20)23)22(25)24-21(17-10-4-2-5-11-17)18-12-6-3-7-13-18/h2-16,21H,1H3,(H,24,25). The monoisotopic (exact) mass is 365 g/mol. The highest BCUT2D eigenvalue weighted by molar-refractivity contribution is 8.00. The molecular weight excluding hydrogens is 345 g/mol. The number of benzene rings is 3. The van der Waals surface area contributed by atoms with Crippen LogP contribution in [0.4, 0.5) is 4.39 Å². The lowest BCUT2D eigenvalue weighted by Gasteiger charge is -2.22. The van der Waals surface area contributed by atoms with Gasteiger partial charge < -0.3 is 5.32 Å². The topological polar surface area (TPSA) is 29.1 Å². The first-order valence-electron chi connectivity index (χ1n) is 8.46. The predicted octanol–water partition coefficient (Wildman–Crippen LogP) is 5.21. The average Bonchev–Trinajstić information content (AvgIpc) is 2.69. The molecule has 1 atom stereocenters. The Labute approximate surface area is 157 Å². The number of thioether (sulfide) groups is 1. The summed E-state index contributed by atoms with van der Waals surface area (Å²) in [7, 11) is 0. The molecule has 0 heterocycles. The van der Waals surface area contributed by atoms with Crippen LogP contribution in [0.1, 0.15) is 24.1 Å². The summed E-state index contributed by atoms with van der Waals surface area (Å²) in [4.78, 5) is 13.2. The first kappa shape index (κ1) is 18.2. The van der Waals surface area contributed by atoms with E-state index in [0.29, 0.717) is 4.90 Å². The van der Waals surface area contributed by atoms with Crippen LogP contribution in [0.2, 0.25) is 0 Å². The van der Waals surface area contributed by atoms with Gasteiger partial charge in [0.25, 0.3) is 0 Å². The Bertz CT molecular complexity index is 815. The third-order valence-electron chi connectivity index (χ3n) is 4.06. The molecule has 0 aliphatic carbocycles. The van der Waals surface area contributed by atoms with E-state index in [1.54, 1.807) is 25.1 Å². The normalized spacial score (nSPS) is 12.0. The molecule has 0 bridgehead atoms.